The molecule has 1 N–H and O–H groups in total. The summed E-state index contributed by atoms with van der Waals surface area (Å²) in [5, 5.41) is 3.06. The topological polar surface area (TPSA) is 50.3 Å². The van der Waals surface area contributed by atoms with Crippen LogP contribution in [0.3, 0.4) is 0 Å². The van der Waals surface area contributed by atoms with Gasteiger partial charge < -0.3 is 10.1 Å². The van der Waals surface area contributed by atoms with E-state index in [9.17, 15) is 0 Å². The van der Waals surface area contributed by atoms with Gasteiger partial charge in [-0.05, 0) is 20.8 Å². The van der Waals surface area contributed by atoms with E-state index in [1.54, 1.807) is 7.11 Å². The van der Waals surface area contributed by atoms with Crippen molar-refractivity contribution in [1.82, 2.24) is 14.9 Å². The lowest BCUT2D eigenvalue weighted by molar-refractivity contribution is 0.123. The normalized spacial score (nSPS) is 11.3. The van der Waals surface area contributed by atoms with Crippen LogP contribution in [0.25, 0.3) is 0 Å². The highest BCUT2D eigenvalue weighted by molar-refractivity contribution is 5.34. The van der Waals surface area contributed by atoms with Crippen LogP contribution < -0.4 is 5.32 Å². The lowest BCUT2D eigenvalue weighted by Crippen LogP contribution is -2.34. The Hall–Kier alpha value is -1.20. The van der Waals surface area contributed by atoms with Gasteiger partial charge >= 0.3 is 0 Å². The second kappa shape index (κ2) is 7.28. The average Bonchev–Trinajstić information content (AvgIpc) is 2.33. The van der Waals surface area contributed by atoms with E-state index in [1.807, 2.05) is 20.0 Å². The van der Waals surface area contributed by atoms with Crippen molar-refractivity contribution in [2.75, 3.05) is 32.6 Å². The second-order valence-corrected chi connectivity index (χ2v) is 4.62. The van der Waals surface area contributed by atoms with Crippen LogP contribution in [0.1, 0.15) is 25.4 Å². The van der Waals surface area contributed by atoms with Gasteiger partial charge in [0.15, 0.2) is 0 Å². The molecule has 0 spiro atoms. The molecule has 1 aromatic rings. The molecule has 1 heterocycles. The fourth-order valence-corrected chi connectivity index (χ4v) is 1.74. The summed E-state index contributed by atoms with van der Waals surface area (Å²) < 4.78 is 5.13. The fraction of sp³-hybridized carbons (Fsp3) is 0.692. The third-order valence-corrected chi connectivity index (χ3v) is 2.81. The maximum absolute atomic E-state index is 5.13. The van der Waals surface area contributed by atoms with Gasteiger partial charge in [0.2, 0.25) is 0 Å². The number of anilines is 1. The van der Waals surface area contributed by atoms with Crippen molar-refractivity contribution in [1.29, 1.82) is 0 Å². The summed E-state index contributed by atoms with van der Waals surface area (Å²) in [6.45, 7) is 8.69. The zero-order valence-corrected chi connectivity index (χ0v) is 12.0. The highest BCUT2D eigenvalue weighted by atomic mass is 16.5. The number of ether oxygens (including phenoxy) is 1. The predicted octanol–water partition coefficient (Wildman–Crippen LogP) is 1.68. The molecule has 0 unspecified atom stereocenters. The molecule has 5 nitrogen and oxygen atoms in total. The Balaban J connectivity index is 2.76. The standard InChI is InChI=1S/C13H24N4O/c1-10(2)17(6-7-18-5)9-13-15-11(3)8-12(14-4)16-13/h8,10H,6-7,9H2,1-5H3,(H,14,15,16). The molecular weight excluding hydrogens is 228 g/mol. The van der Waals surface area contributed by atoms with Crippen molar-refractivity contribution >= 4 is 5.82 Å². The number of hydrogen-bond donors (Lipinski definition) is 1. The van der Waals surface area contributed by atoms with Crippen LogP contribution in [-0.4, -0.2) is 48.2 Å². The quantitative estimate of drug-likeness (QED) is 0.800. The minimum atomic E-state index is 0.447. The summed E-state index contributed by atoms with van der Waals surface area (Å²) in [7, 11) is 3.59. The van der Waals surface area contributed by atoms with Gasteiger partial charge in [0, 0.05) is 38.5 Å². The largest absolute Gasteiger partial charge is 0.383 e. The molecule has 5 heteroatoms. The summed E-state index contributed by atoms with van der Waals surface area (Å²) >= 11 is 0. The van der Waals surface area contributed by atoms with Gasteiger partial charge in [0.05, 0.1) is 13.2 Å². The lowest BCUT2D eigenvalue weighted by Gasteiger charge is -2.25. The Morgan fingerprint density at radius 1 is 1.39 bits per heavy atom. The van der Waals surface area contributed by atoms with Crippen molar-refractivity contribution in [3.63, 3.8) is 0 Å². The van der Waals surface area contributed by atoms with E-state index in [0.717, 1.165) is 37.0 Å². The predicted molar refractivity (Wildman–Crippen MR) is 73.7 cm³/mol. The van der Waals surface area contributed by atoms with Crippen LogP contribution in [0.5, 0.6) is 0 Å². The first-order chi connectivity index (χ1) is 8.56. The average molecular weight is 252 g/mol. The number of aromatic nitrogens is 2. The molecule has 1 rings (SSSR count). The van der Waals surface area contributed by atoms with E-state index < -0.39 is 0 Å². The van der Waals surface area contributed by atoms with Crippen LogP contribution in [0.4, 0.5) is 5.82 Å². The molecule has 0 aliphatic heterocycles. The summed E-state index contributed by atoms with van der Waals surface area (Å²) in [6.07, 6.45) is 0. The SMILES string of the molecule is CNc1cc(C)nc(CN(CCOC)C(C)C)n1. The van der Waals surface area contributed by atoms with E-state index >= 15 is 0 Å². The van der Waals surface area contributed by atoms with Gasteiger partial charge in [-0.3, -0.25) is 4.90 Å². The third kappa shape index (κ3) is 4.58. The molecule has 0 atom stereocenters. The Bertz CT molecular complexity index is 368. The molecule has 0 aliphatic carbocycles. The maximum atomic E-state index is 5.13. The van der Waals surface area contributed by atoms with Gasteiger partial charge in [-0.2, -0.15) is 0 Å². The van der Waals surface area contributed by atoms with Crippen molar-refractivity contribution in [2.45, 2.75) is 33.4 Å². The van der Waals surface area contributed by atoms with Gasteiger partial charge in [-0.25, -0.2) is 9.97 Å². The monoisotopic (exact) mass is 252 g/mol. The van der Waals surface area contributed by atoms with Crippen LogP contribution in [-0.2, 0) is 11.3 Å². The number of hydrogen-bond acceptors (Lipinski definition) is 5. The van der Waals surface area contributed by atoms with Gasteiger partial charge in [0.25, 0.3) is 0 Å². The molecular formula is C13H24N4O. The first-order valence-corrected chi connectivity index (χ1v) is 6.32. The summed E-state index contributed by atoms with van der Waals surface area (Å²) in [6, 6.07) is 2.39. The smallest absolute Gasteiger partial charge is 0.144 e. The highest BCUT2D eigenvalue weighted by Gasteiger charge is 2.12. The minimum Gasteiger partial charge on any atom is -0.383 e. The molecule has 0 bridgehead atoms. The van der Waals surface area contributed by atoms with E-state index in [1.165, 1.54) is 0 Å². The Morgan fingerprint density at radius 2 is 2.11 bits per heavy atom. The highest BCUT2D eigenvalue weighted by Crippen LogP contribution is 2.09. The number of methoxy groups -OCH3 is 1. The lowest BCUT2D eigenvalue weighted by atomic mass is 10.3. The van der Waals surface area contributed by atoms with E-state index in [-0.39, 0.29) is 0 Å². The summed E-state index contributed by atoms with van der Waals surface area (Å²) in [4.78, 5) is 11.3. The van der Waals surface area contributed by atoms with Crippen LogP contribution >= 0.6 is 0 Å². The van der Waals surface area contributed by atoms with Crippen LogP contribution in [0.15, 0.2) is 6.07 Å². The fourth-order valence-electron chi connectivity index (χ4n) is 1.74. The van der Waals surface area contributed by atoms with E-state index in [4.69, 9.17) is 4.74 Å². The van der Waals surface area contributed by atoms with Crippen molar-refractivity contribution < 1.29 is 4.74 Å². The molecule has 0 radical (unpaired) electrons. The van der Waals surface area contributed by atoms with Crippen molar-refractivity contribution in [2.24, 2.45) is 0 Å². The molecule has 102 valence electrons. The van der Waals surface area contributed by atoms with Crippen molar-refractivity contribution in [3.8, 4) is 0 Å². The number of rotatable bonds is 7. The molecule has 0 saturated carbocycles. The zero-order chi connectivity index (χ0) is 13.5. The number of nitrogens with zero attached hydrogens (tertiary/aromatic N) is 3. The number of nitrogens with one attached hydrogen (secondary N) is 1. The molecule has 0 saturated heterocycles. The minimum absolute atomic E-state index is 0.447. The molecule has 0 aromatic carbocycles. The molecule has 18 heavy (non-hydrogen) atoms. The molecule has 0 amide bonds. The molecule has 0 aliphatic rings. The summed E-state index contributed by atoms with van der Waals surface area (Å²) in [5.74, 6) is 1.72. The first-order valence-electron chi connectivity index (χ1n) is 6.32. The zero-order valence-electron chi connectivity index (χ0n) is 12.0. The van der Waals surface area contributed by atoms with Gasteiger partial charge in [0.1, 0.15) is 11.6 Å². The number of aryl methyl sites for hydroxylation is 1. The second-order valence-electron chi connectivity index (χ2n) is 4.62. The third-order valence-electron chi connectivity index (χ3n) is 2.81. The Kier molecular flexibility index (Phi) is 6.01. The first kappa shape index (κ1) is 14.9. The summed E-state index contributed by atoms with van der Waals surface area (Å²) in [5.41, 5.74) is 0.986. The van der Waals surface area contributed by atoms with E-state index in [2.05, 4.69) is 34.0 Å². The maximum Gasteiger partial charge on any atom is 0.144 e. The van der Waals surface area contributed by atoms with Crippen molar-refractivity contribution in [3.05, 3.63) is 17.6 Å². The van der Waals surface area contributed by atoms with E-state index in [0.29, 0.717) is 6.04 Å². The Morgan fingerprint density at radius 3 is 2.67 bits per heavy atom. The Labute approximate surface area is 110 Å². The van der Waals surface area contributed by atoms with Gasteiger partial charge in [-0.1, -0.05) is 0 Å². The van der Waals surface area contributed by atoms with Crippen LogP contribution in [0, 0.1) is 6.92 Å². The van der Waals surface area contributed by atoms with Gasteiger partial charge in [-0.15, -0.1) is 0 Å². The van der Waals surface area contributed by atoms with Crippen LogP contribution in [0.2, 0.25) is 0 Å². The molecule has 1 aromatic heterocycles. The molecule has 0 fully saturated rings.